The summed E-state index contributed by atoms with van der Waals surface area (Å²) in [4.78, 5) is 4.25. The van der Waals surface area contributed by atoms with Gasteiger partial charge in [0.15, 0.2) is 5.82 Å². The molecule has 2 aromatic heterocycles. The van der Waals surface area contributed by atoms with Gasteiger partial charge in [-0.15, -0.1) is 15.3 Å². The van der Waals surface area contributed by atoms with E-state index in [9.17, 15) is 0 Å². The summed E-state index contributed by atoms with van der Waals surface area (Å²) >= 11 is 1.47. The quantitative estimate of drug-likeness (QED) is 0.707. The molecular formula is C11H10N6S. The van der Waals surface area contributed by atoms with Crippen LogP contribution in [0.4, 0.5) is 5.69 Å². The van der Waals surface area contributed by atoms with Gasteiger partial charge in [-0.05, 0) is 19.1 Å². The van der Waals surface area contributed by atoms with Crippen molar-refractivity contribution in [1.82, 2.24) is 25.0 Å². The Balaban J connectivity index is 1.99. The number of benzene rings is 1. The fourth-order valence-electron chi connectivity index (χ4n) is 1.54. The van der Waals surface area contributed by atoms with Crippen molar-refractivity contribution in [2.75, 3.05) is 5.73 Å². The number of aryl methyl sites for hydroxylation is 1. The fraction of sp³-hybridized carbons (Fsp3) is 0.0909. The molecule has 18 heavy (non-hydrogen) atoms. The van der Waals surface area contributed by atoms with Crippen molar-refractivity contribution in [2.45, 2.75) is 6.92 Å². The number of aromatic nitrogens is 5. The molecule has 6 nitrogen and oxygen atoms in total. The number of hydrogen-bond donors (Lipinski definition) is 1. The van der Waals surface area contributed by atoms with Gasteiger partial charge in [0.25, 0.3) is 0 Å². The molecule has 2 heterocycles. The minimum Gasteiger partial charge on any atom is -0.399 e. The molecule has 3 aromatic rings. The minimum atomic E-state index is 0.621. The van der Waals surface area contributed by atoms with E-state index in [1.165, 1.54) is 11.3 Å². The summed E-state index contributed by atoms with van der Waals surface area (Å²) < 4.78 is 1.61. The smallest absolute Gasteiger partial charge is 0.234 e. The Labute approximate surface area is 107 Å². The Morgan fingerprint density at radius 2 is 2.17 bits per heavy atom. The summed E-state index contributed by atoms with van der Waals surface area (Å²) in [6.07, 6.45) is 1.62. The summed E-state index contributed by atoms with van der Waals surface area (Å²) in [7, 11) is 0. The maximum atomic E-state index is 5.73. The highest BCUT2D eigenvalue weighted by molar-refractivity contribution is 7.13. The molecule has 0 aliphatic heterocycles. The number of nitrogen functional groups attached to an aromatic ring is 1. The maximum Gasteiger partial charge on any atom is 0.234 e. The molecule has 3 rings (SSSR count). The molecule has 0 unspecified atom stereocenters. The summed E-state index contributed by atoms with van der Waals surface area (Å²) in [6, 6.07) is 7.46. The number of nitrogens with zero attached hydrogens (tertiary/aromatic N) is 5. The zero-order valence-corrected chi connectivity index (χ0v) is 10.4. The molecule has 0 aliphatic rings. The number of hydrogen-bond acceptors (Lipinski definition) is 6. The Morgan fingerprint density at radius 3 is 2.89 bits per heavy atom. The molecule has 2 N–H and O–H groups in total. The summed E-state index contributed by atoms with van der Waals surface area (Å²) in [5.41, 5.74) is 7.31. The van der Waals surface area contributed by atoms with Crippen LogP contribution in [0.5, 0.6) is 0 Å². The van der Waals surface area contributed by atoms with Gasteiger partial charge in [0, 0.05) is 11.3 Å². The van der Waals surface area contributed by atoms with Crippen molar-refractivity contribution in [2.24, 2.45) is 0 Å². The van der Waals surface area contributed by atoms with Gasteiger partial charge in [-0.3, -0.25) is 0 Å². The molecule has 0 bridgehead atoms. The van der Waals surface area contributed by atoms with Crippen LogP contribution in [0.1, 0.15) is 5.01 Å². The van der Waals surface area contributed by atoms with E-state index in [4.69, 9.17) is 5.73 Å². The lowest BCUT2D eigenvalue weighted by molar-refractivity contribution is 0.844. The fourth-order valence-corrected chi connectivity index (χ4v) is 2.15. The van der Waals surface area contributed by atoms with Gasteiger partial charge in [0.05, 0.1) is 0 Å². The average molecular weight is 258 g/mol. The highest BCUT2D eigenvalue weighted by Crippen LogP contribution is 2.19. The molecule has 90 valence electrons. The number of rotatable bonds is 2. The molecule has 0 amide bonds. The molecule has 0 saturated carbocycles. The lowest BCUT2D eigenvalue weighted by atomic mass is 10.2. The highest BCUT2D eigenvalue weighted by Gasteiger charge is 2.08. The van der Waals surface area contributed by atoms with E-state index < -0.39 is 0 Å². The van der Waals surface area contributed by atoms with Crippen LogP contribution in [0.15, 0.2) is 30.6 Å². The Bertz CT molecular complexity index is 686. The van der Waals surface area contributed by atoms with Crippen LogP contribution in [0.25, 0.3) is 16.5 Å². The van der Waals surface area contributed by atoms with Crippen molar-refractivity contribution in [3.05, 3.63) is 35.6 Å². The highest BCUT2D eigenvalue weighted by atomic mass is 32.1. The molecule has 0 saturated heterocycles. The molecule has 7 heteroatoms. The van der Waals surface area contributed by atoms with Gasteiger partial charge in [-0.1, -0.05) is 23.5 Å². The maximum absolute atomic E-state index is 5.73. The van der Waals surface area contributed by atoms with Crippen LogP contribution in [0.3, 0.4) is 0 Å². The molecular weight excluding hydrogens is 248 g/mol. The second-order valence-electron chi connectivity index (χ2n) is 3.74. The molecule has 1 aromatic carbocycles. The molecule has 0 atom stereocenters. The van der Waals surface area contributed by atoms with Gasteiger partial charge in [0.1, 0.15) is 11.3 Å². The van der Waals surface area contributed by atoms with Gasteiger partial charge in [0.2, 0.25) is 5.13 Å². The van der Waals surface area contributed by atoms with Crippen LogP contribution < -0.4 is 5.73 Å². The van der Waals surface area contributed by atoms with Crippen LogP contribution in [-0.4, -0.2) is 25.0 Å². The van der Waals surface area contributed by atoms with E-state index in [0.29, 0.717) is 16.6 Å². The first-order chi connectivity index (χ1) is 8.72. The predicted molar refractivity (Wildman–Crippen MR) is 69.4 cm³/mol. The van der Waals surface area contributed by atoms with Gasteiger partial charge in [-0.25, -0.2) is 4.98 Å². The second kappa shape index (κ2) is 4.19. The van der Waals surface area contributed by atoms with Crippen molar-refractivity contribution in [3.63, 3.8) is 0 Å². The van der Waals surface area contributed by atoms with Crippen LogP contribution >= 0.6 is 11.3 Å². The van der Waals surface area contributed by atoms with E-state index in [-0.39, 0.29) is 0 Å². The topological polar surface area (TPSA) is 82.5 Å². The third kappa shape index (κ3) is 1.95. The third-order valence-corrected chi connectivity index (χ3v) is 3.18. The zero-order valence-electron chi connectivity index (χ0n) is 9.61. The first-order valence-electron chi connectivity index (χ1n) is 5.30. The third-order valence-electron chi connectivity index (χ3n) is 2.35. The first-order valence-corrected chi connectivity index (χ1v) is 6.12. The Hall–Kier alpha value is -2.28. The lowest BCUT2D eigenvalue weighted by Crippen LogP contribution is -1.94. The van der Waals surface area contributed by atoms with E-state index in [0.717, 1.165) is 10.6 Å². The Morgan fingerprint density at radius 1 is 1.28 bits per heavy atom. The van der Waals surface area contributed by atoms with Gasteiger partial charge in [-0.2, -0.15) is 4.68 Å². The Kier molecular flexibility index (Phi) is 2.52. The van der Waals surface area contributed by atoms with E-state index >= 15 is 0 Å². The van der Waals surface area contributed by atoms with Crippen molar-refractivity contribution < 1.29 is 0 Å². The summed E-state index contributed by atoms with van der Waals surface area (Å²) in [5, 5.41) is 13.9. The number of nitrogens with two attached hydrogens (primary N) is 1. The van der Waals surface area contributed by atoms with Crippen molar-refractivity contribution in [3.8, 4) is 16.5 Å². The summed E-state index contributed by atoms with van der Waals surface area (Å²) in [5.74, 6) is 0.621. The van der Waals surface area contributed by atoms with E-state index in [1.54, 1.807) is 11.0 Å². The van der Waals surface area contributed by atoms with Crippen LogP contribution in [0, 0.1) is 6.92 Å². The van der Waals surface area contributed by atoms with Crippen LogP contribution in [0.2, 0.25) is 0 Å². The SMILES string of the molecule is Cc1nnc(-n2cnc(-c3cccc(N)c3)n2)s1. The molecule has 0 spiro atoms. The summed E-state index contributed by atoms with van der Waals surface area (Å²) in [6.45, 7) is 1.90. The largest absolute Gasteiger partial charge is 0.399 e. The predicted octanol–water partition coefficient (Wildman–Crippen LogP) is 1.68. The van der Waals surface area contributed by atoms with E-state index in [2.05, 4.69) is 20.3 Å². The second-order valence-corrected chi connectivity index (χ2v) is 4.90. The van der Waals surface area contributed by atoms with Gasteiger partial charge >= 0.3 is 0 Å². The van der Waals surface area contributed by atoms with Crippen molar-refractivity contribution >= 4 is 17.0 Å². The molecule has 0 aliphatic carbocycles. The van der Waals surface area contributed by atoms with Crippen molar-refractivity contribution in [1.29, 1.82) is 0 Å². The average Bonchev–Trinajstić information content (AvgIpc) is 2.97. The number of anilines is 1. The standard InChI is InChI=1S/C11H10N6S/c1-7-14-15-11(18-7)17-6-13-10(16-17)8-3-2-4-9(12)5-8/h2-6H,12H2,1H3. The van der Waals surface area contributed by atoms with E-state index in [1.807, 2.05) is 31.2 Å². The molecule has 0 radical (unpaired) electrons. The van der Waals surface area contributed by atoms with Crippen LogP contribution in [-0.2, 0) is 0 Å². The normalized spacial score (nSPS) is 10.7. The lowest BCUT2D eigenvalue weighted by Gasteiger charge is -1.96. The zero-order chi connectivity index (χ0) is 12.5. The minimum absolute atomic E-state index is 0.621. The first kappa shape index (κ1) is 10.8. The van der Waals surface area contributed by atoms with Gasteiger partial charge < -0.3 is 5.73 Å². The monoisotopic (exact) mass is 258 g/mol. The molecule has 0 fully saturated rings.